The predicted molar refractivity (Wildman–Crippen MR) is 51.0 cm³/mol. The Hall–Kier alpha value is -0.130. The molecule has 1 saturated heterocycles. The molecule has 0 aromatic rings. The highest BCUT2D eigenvalue weighted by Crippen LogP contribution is 2.38. The van der Waals surface area contributed by atoms with E-state index >= 15 is 0 Å². The second-order valence-corrected chi connectivity index (χ2v) is 6.85. The molecule has 4 nitrogen and oxygen atoms in total. The molecule has 5 heteroatoms. The van der Waals surface area contributed by atoms with Crippen molar-refractivity contribution in [2.75, 3.05) is 12.4 Å². The van der Waals surface area contributed by atoms with Crippen LogP contribution in [0.1, 0.15) is 20.3 Å². The Labute approximate surface area is 79.0 Å². The molecule has 0 radical (unpaired) electrons. The van der Waals surface area contributed by atoms with Crippen LogP contribution in [0.4, 0.5) is 0 Å². The second kappa shape index (κ2) is 3.22. The largest absolute Gasteiger partial charge is 0.395 e. The average Bonchev–Trinajstić information content (AvgIpc) is 2.22. The molecule has 1 fully saturated rings. The SMILES string of the molecule is CC1(C)C(C(N)CO)CCS1(=O)=O. The van der Waals surface area contributed by atoms with Crippen molar-refractivity contribution in [1.82, 2.24) is 0 Å². The van der Waals surface area contributed by atoms with Gasteiger partial charge >= 0.3 is 0 Å². The molecule has 0 aromatic heterocycles. The van der Waals surface area contributed by atoms with Gasteiger partial charge in [0, 0.05) is 6.04 Å². The normalized spacial score (nSPS) is 33.1. The van der Waals surface area contributed by atoms with Crippen LogP contribution in [-0.4, -0.2) is 36.7 Å². The summed E-state index contributed by atoms with van der Waals surface area (Å²) in [6.45, 7) is 3.23. The average molecular weight is 207 g/mol. The number of rotatable bonds is 2. The number of sulfone groups is 1. The molecule has 2 atom stereocenters. The van der Waals surface area contributed by atoms with Crippen LogP contribution in [0.3, 0.4) is 0 Å². The van der Waals surface area contributed by atoms with Crippen molar-refractivity contribution < 1.29 is 13.5 Å². The smallest absolute Gasteiger partial charge is 0.155 e. The summed E-state index contributed by atoms with van der Waals surface area (Å²) in [5.41, 5.74) is 5.66. The standard InChI is InChI=1S/C8H17NO3S/c1-8(2)6(7(9)5-10)3-4-13(8,11)12/h6-7,10H,3-5,9H2,1-2H3. The summed E-state index contributed by atoms with van der Waals surface area (Å²) in [6.07, 6.45) is 0.567. The third-order valence-corrected chi connectivity index (χ3v) is 5.80. The molecule has 0 aromatic carbocycles. The lowest BCUT2D eigenvalue weighted by Crippen LogP contribution is -2.45. The molecule has 1 rings (SSSR count). The Morgan fingerprint density at radius 3 is 2.46 bits per heavy atom. The van der Waals surface area contributed by atoms with E-state index in [0.29, 0.717) is 6.42 Å². The lowest BCUT2D eigenvalue weighted by Gasteiger charge is -2.29. The van der Waals surface area contributed by atoms with E-state index in [9.17, 15) is 8.42 Å². The summed E-state index contributed by atoms with van der Waals surface area (Å²) in [4.78, 5) is 0. The van der Waals surface area contributed by atoms with Crippen LogP contribution in [0.25, 0.3) is 0 Å². The molecule has 13 heavy (non-hydrogen) atoms. The summed E-state index contributed by atoms with van der Waals surface area (Å²) >= 11 is 0. The van der Waals surface area contributed by atoms with Gasteiger partial charge in [-0.2, -0.15) is 0 Å². The Kier molecular flexibility index (Phi) is 2.71. The van der Waals surface area contributed by atoms with Gasteiger partial charge in [0.05, 0.1) is 17.1 Å². The number of nitrogens with two attached hydrogens (primary N) is 1. The zero-order chi connectivity index (χ0) is 10.3. The highest BCUT2D eigenvalue weighted by atomic mass is 32.2. The summed E-state index contributed by atoms with van der Waals surface area (Å²) in [7, 11) is -3.02. The molecule has 1 aliphatic rings. The zero-order valence-corrected chi connectivity index (χ0v) is 8.84. The van der Waals surface area contributed by atoms with Gasteiger partial charge in [-0.25, -0.2) is 8.42 Å². The van der Waals surface area contributed by atoms with Crippen LogP contribution >= 0.6 is 0 Å². The summed E-state index contributed by atoms with van der Waals surface area (Å²) in [6, 6.07) is -0.424. The molecular formula is C8H17NO3S. The Morgan fingerprint density at radius 2 is 2.15 bits per heavy atom. The van der Waals surface area contributed by atoms with E-state index in [1.165, 1.54) is 0 Å². The van der Waals surface area contributed by atoms with Crippen molar-refractivity contribution in [3.63, 3.8) is 0 Å². The second-order valence-electron chi connectivity index (χ2n) is 4.16. The molecule has 1 heterocycles. The predicted octanol–water partition coefficient (Wildman–Crippen LogP) is -0.481. The lowest BCUT2D eigenvalue weighted by molar-refractivity contribution is 0.209. The van der Waals surface area contributed by atoms with Gasteiger partial charge in [0.1, 0.15) is 0 Å². The highest BCUT2D eigenvalue weighted by Gasteiger charge is 2.49. The van der Waals surface area contributed by atoms with Crippen LogP contribution < -0.4 is 5.73 Å². The minimum Gasteiger partial charge on any atom is -0.395 e. The van der Waals surface area contributed by atoms with E-state index in [-0.39, 0.29) is 18.3 Å². The van der Waals surface area contributed by atoms with Crippen molar-refractivity contribution in [3.05, 3.63) is 0 Å². The van der Waals surface area contributed by atoms with Crippen molar-refractivity contribution in [3.8, 4) is 0 Å². The van der Waals surface area contributed by atoms with Gasteiger partial charge in [0.25, 0.3) is 0 Å². The van der Waals surface area contributed by atoms with Gasteiger partial charge in [0.2, 0.25) is 0 Å². The van der Waals surface area contributed by atoms with Gasteiger partial charge < -0.3 is 10.8 Å². The molecular weight excluding hydrogens is 190 g/mol. The van der Waals surface area contributed by atoms with Crippen molar-refractivity contribution >= 4 is 9.84 Å². The highest BCUT2D eigenvalue weighted by molar-refractivity contribution is 7.93. The van der Waals surface area contributed by atoms with Crippen LogP contribution in [0.5, 0.6) is 0 Å². The Balaban J connectivity index is 2.95. The third-order valence-electron chi connectivity index (χ3n) is 3.12. The molecule has 0 spiro atoms. The summed E-state index contributed by atoms with van der Waals surface area (Å²) in [5.74, 6) is 0.0701. The first-order valence-electron chi connectivity index (χ1n) is 4.41. The molecule has 0 bridgehead atoms. The minimum absolute atomic E-state index is 0.123. The maximum absolute atomic E-state index is 11.6. The van der Waals surface area contributed by atoms with Crippen LogP contribution in [0.15, 0.2) is 0 Å². The number of aliphatic hydroxyl groups excluding tert-OH is 1. The van der Waals surface area contributed by atoms with Crippen LogP contribution in [0.2, 0.25) is 0 Å². The molecule has 1 aliphatic heterocycles. The Morgan fingerprint density at radius 1 is 1.62 bits per heavy atom. The first-order chi connectivity index (χ1) is 5.83. The summed E-state index contributed by atoms with van der Waals surface area (Å²) < 4.78 is 22.4. The topological polar surface area (TPSA) is 80.4 Å². The molecule has 0 aliphatic carbocycles. The van der Waals surface area contributed by atoms with Gasteiger partial charge in [-0.3, -0.25) is 0 Å². The van der Waals surface area contributed by atoms with E-state index in [0.717, 1.165) is 0 Å². The first-order valence-corrected chi connectivity index (χ1v) is 6.07. The van der Waals surface area contributed by atoms with E-state index in [1.54, 1.807) is 13.8 Å². The van der Waals surface area contributed by atoms with E-state index in [2.05, 4.69) is 0 Å². The third kappa shape index (κ3) is 1.60. The maximum atomic E-state index is 11.6. The monoisotopic (exact) mass is 207 g/mol. The lowest BCUT2D eigenvalue weighted by atomic mass is 9.87. The van der Waals surface area contributed by atoms with Crippen LogP contribution in [-0.2, 0) is 9.84 Å². The van der Waals surface area contributed by atoms with E-state index in [1.807, 2.05) is 0 Å². The fraction of sp³-hybridized carbons (Fsp3) is 1.00. The summed E-state index contributed by atoms with van der Waals surface area (Å²) in [5, 5.41) is 8.88. The quantitative estimate of drug-likeness (QED) is 0.641. The first kappa shape index (κ1) is 10.9. The van der Waals surface area contributed by atoms with Gasteiger partial charge in [-0.15, -0.1) is 0 Å². The number of aliphatic hydroxyl groups is 1. The minimum atomic E-state index is -3.02. The van der Waals surface area contributed by atoms with Gasteiger partial charge in [-0.1, -0.05) is 0 Å². The van der Waals surface area contributed by atoms with Crippen molar-refractivity contribution in [2.45, 2.75) is 31.1 Å². The zero-order valence-electron chi connectivity index (χ0n) is 8.03. The Bertz CT molecular complexity index is 284. The van der Waals surface area contributed by atoms with Crippen molar-refractivity contribution in [2.24, 2.45) is 11.7 Å². The number of hydrogen-bond donors (Lipinski definition) is 2. The van der Waals surface area contributed by atoms with Crippen molar-refractivity contribution in [1.29, 1.82) is 0 Å². The van der Waals surface area contributed by atoms with Crippen LogP contribution in [0, 0.1) is 5.92 Å². The molecule has 78 valence electrons. The molecule has 0 saturated carbocycles. The maximum Gasteiger partial charge on any atom is 0.155 e. The van der Waals surface area contributed by atoms with Gasteiger partial charge in [0.15, 0.2) is 9.84 Å². The molecule has 0 amide bonds. The van der Waals surface area contributed by atoms with E-state index in [4.69, 9.17) is 10.8 Å². The molecule has 3 N–H and O–H groups in total. The molecule has 2 unspecified atom stereocenters. The number of hydrogen-bond acceptors (Lipinski definition) is 4. The fourth-order valence-corrected chi connectivity index (χ4v) is 3.82. The van der Waals surface area contributed by atoms with E-state index < -0.39 is 20.6 Å². The fourth-order valence-electron chi connectivity index (χ4n) is 1.98. The van der Waals surface area contributed by atoms with Gasteiger partial charge in [-0.05, 0) is 26.2 Å².